The van der Waals surface area contributed by atoms with E-state index in [1.54, 1.807) is 6.20 Å². The quantitative estimate of drug-likeness (QED) is 0.889. The zero-order valence-electron chi connectivity index (χ0n) is 10.2. The Kier molecular flexibility index (Phi) is 3.32. The SMILES string of the molecule is c1ccc(-c2nc(C[C@H]3CCCNC3)no2)nc1. The lowest BCUT2D eigenvalue weighted by Gasteiger charge is -2.20. The zero-order chi connectivity index (χ0) is 12.2. The third-order valence-corrected chi connectivity index (χ3v) is 3.22. The molecule has 3 rings (SSSR count). The molecule has 2 aromatic heterocycles. The van der Waals surface area contributed by atoms with E-state index < -0.39 is 0 Å². The van der Waals surface area contributed by atoms with Crippen LogP contribution in [-0.4, -0.2) is 28.2 Å². The van der Waals surface area contributed by atoms with Crippen molar-refractivity contribution in [2.24, 2.45) is 5.92 Å². The highest BCUT2D eigenvalue weighted by molar-refractivity contribution is 5.45. The molecular formula is C13H16N4O. The van der Waals surface area contributed by atoms with Gasteiger partial charge in [0, 0.05) is 12.6 Å². The second-order valence-corrected chi connectivity index (χ2v) is 4.65. The standard InChI is InChI=1S/C13H16N4O/c1-2-7-15-11(5-1)13-16-12(17-18-13)8-10-4-3-6-14-9-10/h1-2,5,7,10,14H,3-4,6,8-9H2/t10-/m1/s1. The highest BCUT2D eigenvalue weighted by Crippen LogP contribution is 2.18. The summed E-state index contributed by atoms with van der Waals surface area (Å²) in [7, 11) is 0. The number of nitrogens with one attached hydrogen (secondary N) is 1. The molecule has 1 saturated heterocycles. The first kappa shape index (κ1) is 11.3. The molecule has 2 aromatic rings. The van der Waals surface area contributed by atoms with Crippen molar-refractivity contribution in [1.29, 1.82) is 0 Å². The second kappa shape index (κ2) is 5.27. The minimum absolute atomic E-state index is 0.509. The number of aromatic nitrogens is 3. The summed E-state index contributed by atoms with van der Waals surface area (Å²) in [6.07, 6.45) is 5.07. The maximum Gasteiger partial charge on any atom is 0.276 e. The predicted octanol–water partition coefficient (Wildman–Crippen LogP) is 1.67. The summed E-state index contributed by atoms with van der Waals surface area (Å²) >= 11 is 0. The summed E-state index contributed by atoms with van der Waals surface area (Å²) < 4.78 is 5.25. The van der Waals surface area contributed by atoms with Gasteiger partial charge in [-0.2, -0.15) is 4.98 Å². The van der Waals surface area contributed by atoms with E-state index in [9.17, 15) is 0 Å². The van der Waals surface area contributed by atoms with Crippen LogP contribution in [0, 0.1) is 5.92 Å². The minimum Gasteiger partial charge on any atom is -0.332 e. The number of hydrogen-bond acceptors (Lipinski definition) is 5. The third kappa shape index (κ3) is 2.56. The van der Waals surface area contributed by atoms with Gasteiger partial charge in [0.2, 0.25) is 0 Å². The van der Waals surface area contributed by atoms with Crippen molar-refractivity contribution in [1.82, 2.24) is 20.4 Å². The van der Waals surface area contributed by atoms with Crippen LogP contribution in [0.2, 0.25) is 0 Å². The van der Waals surface area contributed by atoms with Crippen molar-refractivity contribution < 1.29 is 4.52 Å². The van der Waals surface area contributed by atoms with Crippen molar-refractivity contribution >= 4 is 0 Å². The monoisotopic (exact) mass is 244 g/mol. The lowest BCUT2D eigenvalue weighted by Crippen LogP contribution is -2.31. The average Bonchev–Trinajstić information content (AvgIpc) is 2.89. The van der Waals surface area contributed by atoms with E-state index in [-0.39, 0.29) is 0 Å². The van der Waals surface area contributed by atoms with Crippen LogP contribution in [0.1, 0.15) is 18.7 Å². The molecule has 94 valence electrons. The highest BCUT2D eigenvalue weighted by atomic mass is 16.5. The van der Waals surface area contributed by atoms with Crippen LogP contribution >= 0.6 is 0 Å². The smallest absolute Gasteiger partial charge is 0.276 e. The van der Waals surface area contributed by atoms with Gasteiger partial charge in [-0.3, -0.25) is 4.98 Å². The molecule has 18 heavy (non-hydrogen) atoms. The molecule has 1 aliphatic rings. The van der Waals surface area contributed by atoms with Crippen molar-refractivity contribution in [2.75, 3.05) is 13.1 Å². The van der Waals surface area contributed by atoms with E-state index in [0.717, 1.165) is 31.0 Å². The molecule has 0 bridgehead atoms. The fourth-order valence-electron chi connectivity index (χ4n) is 2.29. The average molecular weight is 244 g/mol. The summed E-state index contributed by atoms with van der Waals surface area (Å²) in [4.78, 5) is 8.61. The van der Waals surface area contributed by atoms with Crippen molar-refractivity contribution in [3.8, 4) is 11.6 Å². The lowest BCUT2D eigenvalue weighted by molar-refractivity contribution is 0.359. The van der Waals surface area contributed by atoms with Crippen molar-refractivity contribution in [2.45, 2.75) is 19.3 Å². The molecule has 1 fully saturated rings. The van der Waals surface area contributed by atoms with E-state index in [4.69, 9.17) is 4.52 Å². The molecule has 3 heterocycles. The van der Waals surface area contributed by atoms with E-state index in [1.807, 2.05) is 18.2 Å². The van der Waals surface area contributed by atoms with E-state index in [2.05, 4.69) is 20.4 Å². The largest absolute Gasteiger partial charge is 0.332 e. The number of hydrogen-bond donors (Lipinski definition) is 1. The van der Waals surface area contributed by atoms with Gasteiger partial charge in [0.15, 0.2) is 5.82 Å². The summed E-state index contributed by atoms with van der Waals surface area (Å²) in [6.45, 7) is 2.18. The molecule has 0 spiro atoms. The highest BCUT2D eigenvalue weighted by Gasteiger charge is 2.17. The molecule has 0 amide bonds. The van der Waals surface area contributed by atoms with E-state index in [1.165, 1.54) is 12.8 Å². The van der Waals surface area contributed by atoms with Gasteiger partial charge in [-0.15, -0.1) is 0 Å². The van der Waals surface area contributed by atoms with Gasteiger partial charge in [0.05, 0.1) is 0 Å². The Morgan fingerprint density at radius 3 is 3.17 bits per heavy atom. The number of rotatable bonds is 3. The van der Waals surface area contributed by atoms with Crippen LogP contribution in [0.3, 0.4) is 0 Å². The van der Waals surface area contributed by atoms with Gasteiger partial charge in [0.1, 0.15) is 5.69 Å². The van der Waals surface area contributed by atoms with Gasteiger partial charge in [-0.05, 0) is 44.0 Å². The van der Waals surface area contributed by atoms with Crippen LogP contribution in [0.5, 0.6) is 0 Å². The molecule has 5 heteroatoms. The number of nitrogens with zero attached hydrogens (tertiary/aromatic N) is 3. The van der Waals surface area contributed by atoms with Crippen LogP contribution in [0.15, 0.2) is 28.9 Å². The van der Waals surface area contributed by atoms with Crippen LogP contribution < -0.4 is 5.32 Å². The molecule has 0 unspecified atom stereocenters. The fourth-order valence-corrected chi connectivity index (χ4v) is 2.29. The van der Waals surface area contributed by atoms with Gasteiger partial charge in [-0.25, -0.2) is 0 Å². The van der Waals surface area contributed by atoms with Gasteiger partial charge in [-0.1, -0.05) is 11.2 Å². The first-order chi connectivity index (χ1) is 8.92. The first-order valence-corrected chi connectivity index (χ1v) is 6.36. The Morgan fingerprint density at radius 1 is 1.39 bits per heavy atom. The number of piperidine rings is 1. The van der Waals surface area contributed by atoms with Crippen molar-refractivity contribution in [3.63, 3.8) is 0 Å². The van der Waals surface area contributed by atoms with Crippen LogP contribution in [0.4, 0.5) is 0 Å². The Morgan fingerprint density at radius 2 is 2.39 bits per heavy atom. The van der Waals surface area contributed by atoms with Gasteiger partial charge >= 0.3 is 0 Å². The number of pyridine rings is 1. The molecule has 0 aromatic carbocycles. The predicted molar refractivity (Wildman–Crippen MR) is 66.8 cm³/mol. The minimum atomic E-state index is 0.509. The molecular weight excluding hydrogens is 228 g/mol. The third-order valence-electron chi connectivity index (χ3n) is 3.22. The maximum absolute atomic E-state index is 5.25. The fraction of sp³-hybridized carbons (Fsp3) is 0.462. The molecule has 1 atom stereocenters. The summed E-state index contributed by atoms with van der Waals surface area (Å²) in [5.74, 6) is 1.91. The molecule has 5 nitrogen and oxygen atoms in total. The van der Waals surface area contributed by atoms with Crippen molar-refractivity contribution in [3.05, 3.63) is 30.2 Å². The summed E-state index contributed by atoms with van der Waals surface area (Å²) in [5.41, 5.74) is 0.734. The lowest BCUT2D eigenvalue weighted by atomic mass is 9.96. The summed E-state index contributed by atoms with van der Waals surface area (Å²) in [6, 6.07) is 5.66. The Hall–Kier alpha value is -1.75. The van der Waals surface area contributed by atoms with Gasteiger partial charge in [0.25, 0.3) is 5.89 Å². The zero-order valence-corrected chi connectivity index (χ0v) is 10.2. The van der Waals surface area contributed by atoms with E-state index >= 15 is 0 Å². The topological polar surface area (TPSA) is 63.8 Å². The normalized spacial score (nSPS) is 19.9. The molecule has 1 N–H and O–H groups in total. The molecule has 1 aliphatic heterocycles. The van der Waals surface area contributed by atoms with Crippen LogP contribution in [0.25, 0.3) is 11.6 Å². The first-order valence-electron chi connectivity index (χ1n) is 6.36. The van der Waals surface area contributed by atoms with E-state index in [0.29, 0.717) is 11.8 Å². The van der Waals surface area contributed by atoms with Gasteiger partial charge < -0.3 is 9.84 Å². The van der Waals surface area contributed by atoms with Crippen LogP contribution in [-0.2, 0) is 6.42 Å². The maximum atomic E-state index is 5.25. The molecule has 0 saturated carbocycles. The Labute approximate surface area is 106 Å². The second-order valence-electron chi connectivity index (χ2n) is 4.65. The molecule has 0 aliphatic carbocycles. The Balaban J connectivity index is 1.69. The Bertz CT molecular complexity index is 491. The molecule has 0 radical (unpaired) electrons. The summed E-state index contributed by atoms with van der Waals surface area (Å²) in [5, 5.41) is 7.43.